The van der Waals surface area contributed by atoms with E-state index in [0.717, 1.165) is 28.0 Å². The Morgan fingerprint density at radius 3 is 2.48 bits per heavy atom. The molecule has 0 aromatic heterocycles. The average molecular weight is 424 g/mol. The number of hydrogen-bond donors (Lipinski definition) is 1. The summed E-state index contributed by atoms with van der Waals surface area (Å²) in [5.74, 6) is -1.17. The molecule has 29 heavy (non-hydrogen) atoms. The first-order chi connectivity index (χ1) is 13.9. The number of para-hydroxylation sites is 1. The number of anilines is 1. The first-order valence-electron chi connectivity index (χ1n) is 9.02. The first-order valence-corrected chi connectivity index (χ1v) is 10.2. The molecule has 0 spiro atoms. The number of aryl methyl sites for hydroxylation is 1. The van der Waals surface area contributed by atoms with Gasteiger partial charge in [-0.3, -0.25) is 19.8 Å². The van der Waals surface area contributed by atoms with Gasteiger partial charge in [0.1, 0.15) is 0 Å². The van der Waals surface area contributed by atoms with Crippen LogP contribution in [0.25, 0.3) is 5.57 Å². The molecule has 1 saturated heterocycles. The van der Waals surface area contributed by atoms with Crippen molar-refractivity contribution in [1.29, 1.82) is 0 Å². The zero-order valence-electron chi connectivity index (χ0n) is 15.8. The van der Waals surface area contributed by atoms with Crippen LogP contribution in [-0.4, -0.2) is 33.6 Å². The van der Waals surface area contributed by atoms with Gasteiger partial charge in [-0.05, 0) is 43.8 Å². The molecule has 0 radical (unpaired) electrons. The summed E-state index contributed by atoms with van der Waals surface area (Å²) in [6, 6.07) is 14.4. The Bertz CT molecular complexity index is 1110. The van der Waals surface area contributed by atoms with Crippen LogP contribution >= 0.6 is 24.0 Å². The summed E-state index contributed by atoms with van der Waals surface area (Å²) < 4.78 is 0.180. The second-order valence-electron chi connectivity index (χ2n) is 6.54. The number of hydrogen-bond acceptors (Lipinski definition) is 5. The lowest BCUT2D eigenvalue weighted by Crippen LogP contribution is -2.45. The SMILES string of the molecule is CCN1C(=O)/C(=C2/SC(=S)N(NC(=O)c3ccccc3C)C2=O)c2ccccc21. The molecular formula is C21H17N3O3S2. The number of carbonyl (C=O) groups is 3. The molecule has 4 rings (SSSR count). The number of nitrogens with zero attached hydrogens (tertiary/aromatic N) is 2. The second-order valence-corrected chi connectivity index (χ2v) is 8.18. The number of nitrogens with one attached hydrogen (secondary N) is 1. The summed E-state index contributed by atoms with van der Waals surface area (Å²) in [7, 11) is 0. The number of likely N-dealkylation sites (N-methyl/N-ethyl adjacent to an activating group) is 1. The molecule has 2 aromatic carbocycles. The van der Waals surface area contributed by atoms with E-state index in [2.05, 4.69) is 5.43 Å². The molecular weight excluding hydrogens is 406 g/mol. The zero-order valence-corrected chi connectivity index (χ0v) is 17.4. The van der Waals surface area contributed by atoms with E-state index in [1.165, 1.54) is 0 Å². The standard InChI is InChI=1S/C21H17N3O3S2/c1-3-23-15-11-7-6-10-14(15)16(19(23)26)17-20(27)24(21(28)29-17)22-18(25)13-9-5-4-8-12(13)2/h4-11H,3H2,1-2H3,(H,22,25)/b17-16+. The molecule has 0 atom stereocenters. The maximum atomic E-state index is 13.1. The summed E-state index contributed by atoms with van der Waals surface area (Å²) in [6.45, 7) is 4.18. The van der Waals surface area contributed by atoms with Gasteiger partial charge in [-0.2, -0.15) is 5.01 Å². The molecule has 2 aromatic rings. The van der Waals surface area contributed by atoms with Gasteiger partial charge in [-0.1, -0.05) is 48.2 Å². The summed E-state index contributed by atoms with van der Waals surface area (Å²) in [4.78, 5) is 40.6. The molecule has 1 fully saturated rings. The topological polar surface area (TPSA) is 69.7 Å². The van der Waals surface area contributed by atoms with Gasteiger partial charge in [-0.25, -0.2) is 0 Å². The van der Waals surface area contributed by atoms with Crippen LogP contribution in [-0.2, 0) is 9.59 Å². The van der Waals surface area contributed by atoms with Crippen molar-refractivity contribution in [2.24, 2.45) is 0 Å². The summed E-state index contributed by atoms with van der Waals surface area (Å²) in [5, 5.41) is 1.04. The number of fused-ring (bicyclic) bond motifs is 1. The van der Waals surface area contributed by atoms with Crippen LogP contribution in [0.3, 0.4) is 0 Å². The van der Waals surface area contributed by atoms with E-state index in [-0.39, 0.29) is 15.1 Å². The highest BCUT2D eigenvalue weighted by Crippen LogP contribution is 2.44. The number of carbonyl (C=O) groups excluding carboxylic acids is 3. The van der Waals surface area contributed by atoms with Crippen molar-refractivity contribution in [3.05, 3.63) is 70.1 Å². The van der Waals surface area contributed by atoms with Crippen LogP contribution in [0.15, 0.2) is 53.4 Å². The Balaban J connectivity index is 1.69. The lowest BCUT2D eigenvalue weighted by atomic mass is 10.1. The van der Waals surface area contributed by atoms with E-state index in [9.17, 15) is 14.4 Å². The maximum absolute atomic E-state index is 13.1. The predicted octanol–water partition coefficient (Wildman–Crippen LogP) is 3.28. The smallest absolute Gasteiger partial charge is 0.286 e. The number of hydrazine groups is 1. The van der Waals surface area contributed by atoms with Crippen molar-refractivity contribution >= 4 is 57.3 Å². The Morgan fingerprint density at radius 2 is 1.76 bits per heavy atom. The fourth-order valence-electron chi connectivity index (χ4n) is 3.42. The molecule has 8 heteroatoms. The van der Waals surface area contributed by atoms with Crippen LogP contribution in [0.5, 0.6) is 0 Å². The highest BCUT2D eigenvalue weighted by atomic mass is 32.2. The van der Waals surface area contributed by atoms with Crippen molar-refractivity contribution < 1.29 is 14.4 Å². The first kappa shape index (κ1) is 19.4. The normalized spacial score (nSPS) is 18.5. The van der Waals surface area contributed by atoms with E-state index < -0.39 is 11.8 Å². The number of benzene rings is 2. The Morgan fingerprint density at radius 1 is 1.07 bits per heavy atom. The molecule has 0 aliphatic carbocycles. The third-order valence-electron chi connectivity index (χ3n) is 4.84. The quantitative estimate of drug-likeness (QED) is 0.606. The third-order valence-corrected chi connectivity index (χ3v) is 6.21. The Labute approximate surface area is 177 Å². The van der Waals surface area contributed by atoms with E-state index in [0.29, 0.717) is 23.2 Å². The maximum Gasteiger partial charge on any atom is 0.286 e. The number of amides is 3. The molecule has 146 valence electrons. The van der Waals surface area contributed by atoms with Gasteiger partial charge in [0.15, 0.2) is 4.32 Å². The second kappa shape index (κ2) is 7.46. The van der Waals surface area contributed by atoms with E-state index in [1.807, 2.05) is 50.2 Å². The molecule has 6 nitrogen and oxygen atoms in total. The Kier molecular flexibility index (Phi) is 4.97. The van der Waals surface area contributed by atoms with Crippen LogP contribution < -0.4 is 10.3 Å². The lowest BCUT2D eigenvalue weighted by molar-refractivity contribution is -0.124. The van der Waals surface area contributed by atoms with Crippen LogP contribution in [0.2, 0.25) is 0 Å². The van der Waals surface area contributed by atoms with Gasteiger partial charge in [0.05, 0.1) is 16.2 Å². The number of thioether (sulfide) groups is 1. The molecule has 2 aliphatic heterocycles. The minimum Gasteiger partial charge on any atom is -0.308 e. The highest BCUT2D eigenvalue weighted by Gasteiger charge is 2.42. The van der Waals surface area contributed by atoms with Gasteiger partial charge in [0.2, 0.25) is 0 Å². The molecule has 2 heterocycles. The van der Waals surface area contributed by atoms with E-state index >= 15 is 0 Å². The van der Waals surface area contributed by atoms with Gasteiger partial charge in [0, 0.05) is 17.7 Å². The molecule has 2 aliphatic rings. The highest BCUT2D eigenvalue weighted by molar-refractivity contribution is 8.26. The minimum absolute atomic E-state index is 0.180. The van der Waals surface area contributed by atoms with Gasteiger partial charge in [-0.15, -0.1) is 0 Å². The molecule has 0 saturated carbocycles. The minimum atomic E-state index is -0.502. The molecule has 3 amide bonds. The average Bonchev–Trinajstić information content (AvgIpc) is 3.15. The van der Waals surface area contributed by atoms with Crippen LogP contribution in [0.4, 0.5) is 5.69 Å². The monoisotopic (exact) mass is 423 g/mol. The number of thiocarbonyl (C=S) groups is 1. The van der Waals surface area contributed by atoms with Gasteiger partial charge >= 0.3 is 0 Å². The van der Waals surface area contributed by atoms with Gasteiger partial charge < -0.3 is 4.90 Å². The summed E-state index contributed by atoms with van der Waals surface area (Å²) in [5.41, 5.74) is 5.61. The van der Waals surface area contributed by atoms with Crippen molar-refractivity contribution in [1.82, 2.24) is 10.4 Å². The molecule has 0 unspecified atom stereocenters. The van der Waals surface area contributed by atoms with Crippen molar-refractivity contribution in [3.8, 4) is 0 Å². The van der Waals surface area contributed by atoms with Crippen LogP contribution in [0.1, 0.15) is 28.4 Å². The predicted molar refractivity (Wildman–Crippen MR) is 117 cm³/mol. The van der Waals surface area contributed by atoms with E-state index in [1.54, 1.807) is 17.0 Å². The third kappa shape index (κ3) is 3.14. The van der Waals surface area contributed by atoms with Crippen molar-refractivity contribution in [2.75, 3.05) is 11.4 Å². The largest absolute Gasteiger partial charge is 0.308 e. The van der Waals surface area contributed by atoms with Crippen LogP contribution in [0, 0.1) is 6.92 Å². The summed E-state index contributed by atoms with van der Waals surface area (Å²) in [6.07, 6.45) is 0. The Hall–Kier alpha value is -2.97. The van der Waals surface area contributed by atoms with Crippen molar-refractivity contribution in [3.63, 3.8) is 0 Å². The fourth-order valence-corrected chi connectivity index (χ4v) is 4.67. The molecule has 0 bridgehead atoms. The lowest BCUT2D eigenvalue weighted by Gasteiger charge is -2.16. The summed E-state index contributed by atoms with van der Waals surface area (Å²) >= 11 is 6.35. The van der Waals surface area contributed by atoms with Gasteiger partial charge in [0.25, 0.3) is 17.7 Å². The zero-order chi connectivity index (χ0) is 20.7. The van der Waals surface area contributed by atoms with E-state index in [4.69, 9.17) is 12.2 Å². The number of rotatable bonds is 3. The van der Waals surface area contributed by atoms with Crippen molar-refractivity contribution in [2.45, 2.75) is 13.8 Å². The fraction of sp³-hybridized carbons (Fsp3) is 0.143. The molecule has 1 N–H and O–H groups in total.